The number of esters is 1. The topological polar surface area (TPSA) is 117 Å². The lowest BCUT2D eigenvalue weighted by Crippen LogP contribution is -2.18. The van der Waals surface area contributed by atoms with Crippen molar-refractivity contribution in [3.8, 4) is 17.3 Å². The van der Waals surface area contributed by atoms with E-state index in [4.69, 9.17) is 10.00 Å². The van der Waals surface area contributed by atoms with Gasteiger partial charge < -0.3 is 15.4 Å². The second-order valence-corrected chi connectivity index (χ2v) is 5.63. The summed E-state index contributed by atoms with van der Waals surface area (Å²) in [5.41, 5.74) is 2.58. The van der Waals surface area contributed by atoms with Crippen LogP contribution in [-0.2, 0) is 14.3 Å². The average molecular weight is 351 g/mol. The molecule has 1 aliphatic heterocycles. The van der Waals surface area contributed by atoms with Crippen LogP contribution in [0.1, 0.15) is 24.8 Å². The van der Waals surface area contributed by atoms with Crippen molar-refractivity contribution in [2.75, 3.05) is 23.8 Å². The Hall–Kier alpha value is -3.47. The van der Waals surface area contributed by atoms with Gasteiger partial charge in [0.1, 0.15) is 24.5 Å². The van der Waals surface area contributed by atoms with E-state index >= 15 is 0 Å². The predicted octanol–water partition coefficient (Wildman–Crippen LogP) is 2.07. The van der Waals surface area contributed by atoms with Gasteiger partial charge in [-0.15, -0.1) is 0 Å². The van der Waals surface area contributed by atoms with Crippen molar-refractivity contribution in [3.63, 3.8) is 0 Å². The normalized spacial score (nSPS) is 14.7. The van der Waals surface area contributed by atoms with E-state index in [0.717, 1.165) is 5.56 Å². The summed E-state index contributed by atoms with van der Waals surface area (Å²) < 4.78 is 5.15. The molecule has 1 atom stereocenters. The molecule has 0 fully saturated rings. The molecule has 0 spiro atoms. The third-order valence-corrected chi connectivity index (χ3v) is 3.94. The maximum Gasteiger partial charge on any atom is 0.315 e. The zero-order valence-corrected chi connectivity index (χ0v) is 14.2. The lowest BCUT2D eigenvalue weighted by molar-refractivity contribution is -0.144. The lowest BCUT2D eigenvalue weighted by atomic mass is 9.97. The van der Waals surface area contributed by atoms with Crippen LogP contribution in [0, 0.1) is 11.3 Å². The number of carbonyl (C=O) groups excluding carboxylic acids is 2. The smallest absolute Gasteiger partial charge is 0.315 e. The molecule has 1 aliphatic rings. The Labute approximate surface area is 150 Å². The SMILES string of the molecule is CCOC(=O)C1CNc2ncnc(-c3cccc(NC(=O)CC#N)c3)c21. The highest BCUT2D eigenvalue weighted by molar-refractivity contribution is 5.93. The summed E-state index contributed by atoms with van der Waals surface area (Å²) in [6, 6.07) is 8.89. The number of carbonyl (C=O) groups is 2. The highest BCUT2D eigenvalue weighted by atomic mass is 16.5. The minimum Gasteiger partial charge on any atom is -0.465 e. The molecule has 0 saturated carbocycles. The van der Waals surface area contributed by atoms with Crippen molar-refractivity contribution in [2.45, 2.75) is 19.3 Å². The van der Waals surface area contributed by atoms with Crippen LogP contribution in [0.15, 0.2) is 30.6 Å². The van der Waals surface area contributed by atoms with E-state index in [2.05, 4.69) is 20.6 Å². The number of hydrogen-bond donors (Lipinski definition) is 2. The first-order chi connectivity index (χ1) is 12.6. The monoisotopic (exact) mass is 351 g/mol. The van der Waals surface area contributed by atoms with Gasteiger partial charge in [0.05, 0.1) is 18.4 Å². The molecule has 132 valence electrons. The van der Waals surface area contributed by atoms with Gasteiger partial charge in [-0.3, -0.25) is 9.59 Å². The summed E-state index contributed by atoms with van der Waals surface area (Å²) >= 11 is 0. The second-order valence-electron chi connectivity index (χ2n) is 5.63. The molecule has 2 N–H and O–H groups in total. The highest BCUT2D eigenvalue weighted by Gasteiger charge is 2.34. The standard InChI is InChI=1S/C18H17N5O3/c1-2-26-18(25)13-9-20-17-15(13)16(21-10-22-17)11-4-3-5-12(8-11)23-14(24)6-7-19/h3-5,8,10,13H,2,6,9H2,1H3,(H,23,24)(H,20,21,22). The Morgan fingerprint density at radius 1 is 1.42 bits per heavy atom. The Morgan fingerprint density at radius 3 is 3.04 bits per heavy atom. The lowest BCUT2D eigenvalue weighted by Gasteiger charge is -2.13. The number of hydrogen-bond acceptors (Lipinski definition) is 7. The first kappa shape index (κ1) is 17.4. The zero-order valence-electron chi connectivity index (χ0n) is 14.2. The van der Waals surface area contributed by atoms with Crippen LogP contribution >= 0.6 is 0 Å². The van der Waals surface area contributed by atoms with Gasteiger partial charge in [-0.1, -0.05) is 12.1 Å². The summed E-state index contributed by atoms with van der Waals surface area (Å²) in [6.45, 7) is 2.46. The molecule has 1 amide bonds. The molecule has 0 bridgehead atoms. The second kappa shape index (κ2) is 7.61. The van der Waals surface area contributed by atoms with E-state index in [1.807, 2.05) is 6.07 Å². The number of fused-ring (bicyclic) bond motifs is 1. The van der Waals surface area contributed by atoms with Gasteiger partial charge in [0.25, 0.3) is 0 Å². The number of benzene rings is 1. The van der Waals surface area contributed by atoms with Crippen LogP contribution in [-0.4, -0.2) is 35.0 Å². The number of nitriles is 1. The van der Waals surface area contributed by atoms with Gasteiger partial charge in [0, 0.05) is 23.4 Å². The summed E-state index contributed by atoms with van der Waals surface area (Å²) in [7, 11) is 0. The molecular weight excluding hydrogens is 334 g/mol. The van der Waals surface area contributed by atoms with Crippen LogP contribution in [0.2, 0.25) is 0 Å². The first-order valence-corrected chi connectivity index (χ1v) is 8.16. The van der Waals surface area contributed by atoms with Gasteiger partial charge in [-0.05, 0) is 19.1 Å². The van der Waals surface area contributed by atoms with Gasteiger partial charge in [-0.2, -0.15) is 5.26 Å². The molecular formula is C18H17N5O3. The summed E-state index contributed by atoms with van der Waals surface area (Å²) in [5.74, 6) is -0.595. The molecule has 0 aliphatic carbocycles. The molecule has 3 rings (SSSR count). The van der Waals surface area contributed by atoms with Crippen molar-refractivity contribution in [1.82, 2.24) is 9.97 Å². The number of nitrogens with zero attached hydrogens (tertiary/aromatic N) is 3. The van der Waals surface area contributed by atoms with E-state index in [1.54, 1.807) is 31.2 Å². The predicted molar refractivity (Wildman–Crippen MR) is 94.2 cm³/mol. The maximum absolute atomic E-state index is 12.3. The van der Waals surface area contributed by atoms with Crippen LogP contribution in [0.3, 0.4) is 0 Å². The largest absolute Gasteiger partial charge is 0.465 e. The van der Waals surface area contributed by atoms with Crippen molar-refractivity contribution in [3.05, 3.63) is 36.2 Å². The average Bonchev–Trinajstić information content (AvgIpc) is 3.06. The van der Waals surface area contributed by atoms with E-state index in [1.165, 1.54) is 6.33 Å². The Bertz CT molecular complexity index is 891. The van der Waals surface area contributed by atoms with Crippen molar-refractivity contribution in [1.29, 1.82) is 5.26 Å². The highest BCUT2D eigenvalue weighted by Crippen LogP contribution is 2.37. The van der Waals surface area contributed by atoms with Gasteiger partial charge in [-0.25, -0.2) is 9.97 Å². The van der Waals surface area contributed by atoms with Crippen molar-refractivity contribution in [2.24, 2.45) is 0 Å². The third-order valence-electron chi connectivity index (χ3n) is 3.94. The number of nitrogens with one attached hydrogen (secondary N) is 2. The number of ether oxygens (including phenoxy) is 1. The molecule has 8 nitrogen and oxygen atoms in total. The van der Waals surface area contributed by atoms with Gasteiger partial charge in [0.15, 0.2) is 0 Å². The third kappa shape index (κ3) is 3.47. The van der Waals surface area contributed by atoms with Crippen LogP contribution in [0.25, 0.3) is 11.3 Å². The molecule has 2 aromatic rings. The fourth-order valence-corrected chi connectivity index (χ4v) is 2.86. The Morgan fingerprint density at radius 2 is 2.27 bits per heavy atom. The maximum atomic E-state index is 12.3. The fraction of sp³-hybridized carbons (Fsp3) is 0.278. The summed E-state index contributed by atoms with van der Waals surface area (Å²) in [4.78, 5) is 32.4. The summed E-state index contributed by atoms with van der Waals surface area (Å²) in [5, 5.41) is 14.4. The first-order valence-electron chi connectivity index (χ1n) is 8.16. The molecule has 1 aromatic carbocycles. The quantitative estimate of drug-likeness (QED) is 0.792. The zero-order chi connectivity index (χ0) is 18.5. The Balaban J connectivity index is 1.96. The van der Waals surface area contributed by atoms with Crippen molar-refractivity contribution < 1.29 is 14.3 Å². The number of anilines is 2. The van der Waals surface area contributed by atoms with E-state index in [9.17, 15) is 9.59 Å². The van der Waals surface area contributed by atoms with E-state index in [-0.39, 0.29) is 18.3 Å². The summed E-state index contributed by atoms with van der Waals surface area (Å²) in [6.07, 6.45) is 1.21. The molecule has 0 radical (unpaired) electrons. The van der Waals surface area contributed by atoms with Crippen LogP contribution in [0.5, 0.6) is 0 Å². The molecule has 1 unspecified atom stereocenters. The van der Waals surface area contributed by atoms with E-state index < -0.39 is 5.92 Å². The fourth-order valence-electron chi connectivity index (χ4n) is 2.86. The number of aromatic nitrogens is 2. The molecule has 26 heavy (non-hydrogen) atoms. The van der Waals surface area contributed by atoms with Gasteiger partial charge >= 0.3 is 5.97 Å². The van der Waals surface area contributed by atoms with Crippen LogP contribution < -0.4 is 10.6 Å². The minimum absolute atomic E-state index is 0.220. The number of amides is 1. The van der Waals surface area contributed by atoms with E-state index in [0.29, 0.717) is 35.9 Å². The molecule has 8 heteroatoms. The molecule has 0 saturated heterocycles. The molecule has 2 heterocycles. The van der Waals surface area contributed by atoms with Crippen molar-refractivity contribution >= 4 is 23.4 Å². The Kier molecular flexibility index (Phi) is 5.08. The molecule has 1 aromatic heterocycles. The minimum atomic E-state index is -0.488. The van der Waals surface area contributed by atoms with Gasteiger partial charge in [0.2, 0.25) is 5.91 Å². The number of rotatable bonds is 5. The van der Waals surface area contributed by atoms with Crippen LogP contribution in [0.4, 0.5) is 11.5 Å².